The van der Waals surface area contributed by atoms with Crippen molar-refractivity contribution in [3.05, 3.63) is 24.3 Å². The van der Waals surface area contributed by atoms with Gasteiger partial charge in [-0.05, 0) is 18.2 Å². The molecule has 1 aromatic carbocycles. The number of piperidine rings is 1. The van der Waals surface area contributed by atoms with E-state index in [0.717, 1.165) is 6.26 Å². The maximum absolute atomic E-state index is 11.9. The second-order valence-corrected chi connectivity index (χ2v) is 6.97. The first-order valence-electron chi connectivity index (χ1n) is 6.58. The van der Waals surface area contributed by atoms with Gasteiger partial charge >= 0.3 is 0 Å². The molecule has 1 aliphatic rings. The molecule has 0 aromatic heterocycles. The van der Waals surface area contributed by atoms with Crippen LogP contribution in [0, 0.1) is 0 Å². The molecule has 21 heavy (non-hydrogen) atoms. The number of ketones is 1. The van der Waals surface area contributed by atoms with Crippen LogP contribution in [0.25, 0.3) is 0 Å². The number of ether oxygens (including phenoxy) is 1. The van der Waals surface area contributed by atoms with E-state index in [4.69, 9.17) is 4.74 Å². The van der Waals surface area contributed by atoms with Gasteiger partial charge in [0.15, 0.2) is 16.4 Å². The molecule has 0 unspecified atom stereocenters. The van der Waals surface area contributed by atoms with Crippen molar-refractivity contribution in [1.82, 2.24) is 4.90 Å². The minimum atomic E-state index is -3.30. The second-order valence-electron chi connectivity index (χ2n) is 4.96. The van der Waals surface area contributed by atoms with Crippen molar-refractivity contribution < 1.29 is 22.7 Å². The van der Waals surface area contributed by atoms with Crippen LogP contribution in [0.3, 0.4) is 0 Å². The van der Waals surface area contributed by atoms with Crippen LogP contribution in [-0.4, -0.2) is 51.0 Å². The van der Waals surface area contributed by atoms with Crippen molar-refractivity contribution in [2.75, 3.05) is 26.0 Å². The van der Waals surface area contributed by atoms with Gasteiger partial charge in [-0.2, -0.15) is 0 Å². The van der Waals surface area contributed by atoms with Gasteiger partial charge in [-0.25, -0.2) is 8.42 Å². The second kappa shape index (κ2) is 6.26. The predicted octanol–water partition coefficient (Wildman–Crippen LogP) is 0.660. The van der Waals surface area contributed by atoms with Crippen molar-refractivity contribution in [1.29, 1.82) is 0 Å². The highest BCUT2D eigenvalue weighted by Gasteiger charge is 2.21. The molecule has 6 nitrogen and oxygen atoms in total. The van der Waals surface area contributed by atoms with Crippen LogP contribution in [0.15, 0.2) is 29.2 Å². The Labute approximate surface area is 123 Å². The summed E-state index contributed by atoms with van der Waals surface area (Å²) >= 11 is 0. The summed E-state index contributed by atoms with van der Waals surface area (Å²) in [4.78, 5) is 24.8. The van der Waals surface area contributed by atoms with Crippen LogP contribution >= 0.6 is 0 Å². The number of hydrogen-bond donors (Lipinski definition) is 0. The standard InChI is InChI=1S/C14H17NO5S/c1-21(18,19)13-4-2-3-12(9-13)20-10-14(17)15-7-5-11(16)6-8-15/h2-4,9H,5-8,10H2,1H3. The minimum absolute atomic E-state index is 0.149. The first kappa shape index (κ1) is 15.5. The average molecular weight is 311 g/mol. The Morgan fingerprint density at radius 1 is 1.29 bits per heavy atom. The molecule has 0 bridgehead atoms. The Kier molecular flexibility index (Phi) is 4.62. The fourth-order valence-electron chi connectivity index (χ4n) is 2.04. The van der Waals surface area contributed by atoms with Crippen molar-refractivity contribution in [3.8, 4) is 5.75 Å². The van der Waals surface area contributed by atoms with Gasteiger partial charge in [0.25, 0.3) is 5.91 Å². The predicted molar refractivity (Wildman–Crippen MR) is 75.9 cm³/mol. The number of carbonyl (C=O) groups excluding carboxylic acids is 2. The number of rotatable bonds is 4. The zero-order valence-electron chi connectivity index (χ0n) is 11.7. The van der Waals surface area contributed by atoms with E-state index in [1.165, 1.54) is 12.1 Å². The van der Waals surface area contributed by atoms with Crippen LogP contribution < -0.4 is 4.74 Å². The molecule has 7 heteroatoms. The van der Waals surface area contributed by atoms with Gasteiger partial charge in [0.05, 0.1) is 4.90 Å². The van der Waals surface area contributed by atoms with Gasteiger partial charge < -0.3 is 9.64 Å². The fourth-order valence-corrected chi connectivity index (χ4v) is 2.69. The van der Waals surface area contributed by atoms with E-state index >= 15 is 0 Å². The summed E-state index contributed by atoms with van der Waals surface area (Å²) in [5.74, 6) is 0.299. The quantitative estimate of drug-likeness (QED) is 0.816. The summed E-state index contributed by atoms with van der Waals surface area (Å²) in [6, 6.07) is 6.03. The summed E-state index contributed by atoms with van der Waals surface area (Å²) in [7, 11) is -3.30. The Morgan fingerprint density at radius 2 is 1.95 bits per heavy atom. The van der Waals surface area contributed by atoms with E-state index in [1.54, 1.807) is 17.0 Å². The third-order valence-electron chi connectivity index (χ3n) is 3.27. The number of sulfone groups is 1. The number of carbonyl (C=O) groups is 2. The third kappa shape index (κ3) is 4.29. The number of nitrogens with zero attached hydrogens (tertiary/aromatic N) is 1. The highest BCUT2D eigenvalue weighted by Crippen LogP contribution is 2.17. The Balaban J connectivity index is 1.94. The van der Waals surface area contributed by atoms with E-state index < -0.39 is 9.84 Å². The topological polar surface area (TPSA) is 80.8 Å². The molecular weight excluding hydrogens is 294 g/mol. The Morgan fingerprint density at radius 3 is 2.57 bits per heavy atom. The van der Waals surface area contributed by atoms with Crippen LogP contribution in [0.5, 0.6) is 5.75 Å². The molecule has 1 fully saturated rings. The fraction of sp³-hybridized carbons (Fsp3) is 0.429. The van der Waals surface area contributed by atoms with Crippen LogP contribution in [0.4, 0.5) is 0 Å². The molecule has 0 N–H and O–H groups in total. The lowest BCUT2D eigenvalue weighted by Crippen LogP contribution is -2.41. The minimum Gasteiger partial charge on any atom is -0.484 e. The maximum atomic E-state index is 11.9. The zero-order valence-corrected chi connectivity index (χ0v) is 12.6. The van der Waals surface area contributed by atoms with Gasteiger partial charge in [-0.3, -0.25) is 9.59 Å². The number of amides is 1. The molecular formula is C14H17NO5S. The van der Waals surface area contributed by atoms with Crippen LogP contribution in [0.2, 0.25) is 0 Å². The van der Waals surface area contributed by atoms with Crippen molar-refractivity contribution >= 4 is 21.5 Å². The van der Waals surface area contributed by atoms with Crippen molar-refractivity contribution in [2.45, 2.75) is 17.7 Å². The largest absolute Gasteiger partial charge is 0.484 e. The highest BCUT2D eigenvalue weighted by molar-refractivity contribution is 7.90. The number of hydrogen-bond acceptors (Lipinski definition) is 5. The van der Waals surface area contributed by atoms with E-state index in [-0.39, 0.29) is 23.2 Å². The molecule has 0 spiro atoms. The van der Waals surface area contributed by atoms with Gasteiger partial charge in [-0.15, -0.1) is 0 Å². The Hall–Kier alpha value is -1.89. The number of benzene rings is 1. The number of Topliss-reactive ketones (excluding diaryl/α,β-unsaturated/α-hetero) is 1. The lowest BCUT2D eigenvalue weighted by molar-refractivity contribution is -0.136. The number of likely N-dealkylation sites (tertiary alicyclic amines) is 1. The van der Waals surface area contributed by atoms with Gasteiger partial charge in [-0.1, -0.05) is 6.07 Å². The van der Waals surface area contributed by atoms with E-state index in [2.05, 4.69) is 0 Å². The lowest BCUT2D eigenvalue weighted by atomic mass is 10.1. The maximum Gasteiger partial charge on any atom is 0.260 e. The molecule has 1 heterocycles. The highest BCUT2D eigenvalue weighted by atomic mass is 32.2. The summed E-state index contributed by atoms with van der Waals surface area (Å²) < 4.78 is 28.2. The molecule has 0 saturated carbocycles. The van der Waals surface area contributed by atoms with Gasteiger partial charge in [0.1, 0.15) is 11.5 Å². The molecule has 2 rings (SSSR count). The third-order valence-corrected chi connectivity index (χ3v) is 4.38. The molecule has 114 valence electrons. The summed E-state index contributed by atoms with van der Waals surface area (Å²) in [6.07, 6.45) is 1.88. The van der Waals surface area contributed by atoms with Crippen molar-refractivity contribution in [3.63, 3.8) is 0 Å². The van der Waals surface area contributed by atoms with E-state index in [1.807, 2.05) is 0 Å². The molecule has 1 saturated heterocycles. The summed E-state index contributed by atoms with van der Waals surface area (Å²) in [5.41, 5.74) is 0. The molecule has 1 aromatic rings. The van der Waals surface area contributed by atoms with Crippen LogP contribution in [-0.2, 0) is 19.4 Å². The van der Waals surface area contributed by atoms with Crippen LogP contribution in [0.1, 0.15) is 12.8 Å². The molecule has 1 amide bonds. The molecule has 0 aliphatic carbocycles. The Bertz CT molecular complexity index is 643. The van der Waals surface area contributed by atoms with E-state index in [9.17, 15) is 18.0 Å². The first-order valence-corrected chi connectivity index (χ1v) is 8.48. The average Bonchev–Trinajstić information content (AvgIpc) is 2.45. The normalized spacial score (nSPS) is 15.9. The zero-order chi connectivity index (χ0) is 15.5. The lowest BCUT2D eigenvalue weighted by Gasteiger charge is -2.25. The van der Waals surface area contributed by atoms with Gasteiger partial charge in [0.2, 0.25) is 0 Å². The smallest absolute Gasteiger partial charge is 0.260 e. The molecule has 1 aliphatic heterocycles. The molecule has 0 radical (unpaired) electrons. The van der Waals surface area contributed by atoms with Crippen molar-refractivity contribution in [2.24, 2.45) is 0 Å². The summed E-state index contributed by atoms with van der Waals surface area (Å²) in [6.45, 7) is 0.677. The first-order chi connectivity index (χ1) is 9.86. The summed E-state index contributed by atoms with van der Waals surface area (Å²) in [5, 5.41) is 0. The van der Waals surface area contributed by atoms with Gasteiger partial charge in [0, 0.05) is 32.2 Å². The van der Waals surface area contributed by atoms with E-state index in [0.29, 0.717) is 31.7 Å². The monoisotopic (exact) mass is 311 g/mol. The SMILES string of the molecule is CS(=O)(=O)c1cccc(OCC(=O)N2CCC(=O)CC2)c1. The molecule has 0 atom stereocenters.